The molecule has 0 saturated heterocycles. The fourth-order valence-corrected chi connectivity index (χ4v) is 0.612. The fraction of sp³-hybridized carbons (Fsp3) is 0.750. The number of hydrogen-bond acceptors (Lipinski definition) is 1. The van der Waals surface area contributed by atoms with Crippen molar-refractivity contribution in [2.24, 2.45) is 0 Å². The topological polar surface area (TPSA) is 20.2 Å². The van der Waals surface area contributed by atoms with E-state index in [9.17, 15) is 5.11 Å². The van der Waals surface area contributed by atoms with Gasteiger partial charge in [0.15, 0.2) is 0 Å². The maximum atomic E-state index is 9.40. The van der Waals surface area contributed by atoms with Gasteiger partial charge in [0.2, 0.25) is 0 Å². The third kappa shape index (κ3) is 4.59. The molecule has 0 spiro atoms. The fourth-order valence-electron chi connectivity index (χ4n) is 0.612. The van der Waals surface area contributed by atoms with Crippen LogP contribution in [-0.4, -0.2) is 10.7 Å². The first kappa shape index (κ1) is 13.4. The van der Waals surface area contributed by atoms with Crippen molar-refractivity contribution in [3.8, 4) is 0 Å². The molecule has 10 heavy (non-hydrogen) atoms. The number of hydrogen-bond donors (Lipinski definition) is 1. The zero-order valence-electron chi connectivity index (χ0n) is 7.52. The summed E-state index contributed by atoms with van der Waals surface area (Å²) in [5, 5.41) is 9.40. The average Bonchev–Trinajstić information content (AvgIpc) is 1.62. The summed E-state index contributed by atoms with van der Waals surface area (Å²) in [5.74, 6) is 0. The molecule has 0 saturated carbocycles. The normalized spacial score (nSPS) is 10.2. The zero-order chi connectivity index (χ0) is 7.65. The summed E-state index contributed by atoms with van der Waals surface area (Å²) in [6.07, 6.45) is 0. The second-order valence-corrected chi connectivity index (χ2v) is 3.18. The van der Waals surface area contributed by atoms with Gasteiger partial charge in [0.05, 0.1) is 5.60 Å². The summed E-state index contributed by atoms with van der Waals surface area (Å²) in [6, 6.07) is 0. The molecule has 0 heterocycles. The van der Waals surface area contributed by atoms with E-state index >= 15 is 0 Å². The van der Waals surface area contributed by atoms with E-state index in [1.807, 2.05) is 20.8 Å². The van der Waals surface area contributed by atoms with Gasteiger partial charge in [0, 0.05) is 32.7 Å². The Morgan fingerprint density at radius 1 is 1.10 bits per heavy atom. The van der Waals surface area contributed by atoms with Crippen LogP contribution in [0.1, 0.15) is 34.6 Å². The van der Waals surface area contributed by atoms with Gasteiger partial charge in [-0.05, 0) is 40.2 Å². The Bertz CT molecular complexity index is 127. The largest absolute Gasteiger partial charge is 0.386 e. The summed E-state index contributed by atoms with van der Waals surface area (Å²) < 4.78 is 0. The Labute approximate surface area is 88.8 Å². The number of aliphatic hydroxyl groups is 1. The van der Waals surface area contributed by atoms with Gasteiger partial charge in [-0.3, -0.25) is 0 Å². The van der Waals surface area contributed by atoms with E-state index in [2.05, 4.69) is 0 Å². The summed E-state index contributed by atoms with van der Waals surface area (Å²) in [4.78, 5) is 0. The van der Waals surface area contributed by atoms with Gasteiger partial charge in [-0.1, -0.05) is 5.57 Å². The van der Waals surface area contributed by atoms with Crippen molar-refractivity contribution in [3.05, 3.63) is 11.1 Å². The molecule has 0 aliphatic heterocycles. The van der Waals surface area contributed by atoms with Gasteiger partial charge in [-0.25, -0.2) is 0 Å². The van der Waals surface area contributed by atoms with Crippen molar-refractivity contribution < 1.29 is 37.8 Å². The van der Waals surface area contributed by atoms with Gasteiger partial charge in [0.1, 0.15) is 0 Å². The maximum Gasteiger partial charge on any atom is 0.0800 e. The van der Waals surface area contributed by atoms with Crippen LogP contribution in [0.25, 0.3) is 0 Å². The predicted molar refractivity (Wildman–Crippen MR) is 40.3 cm³/mol. The molecule has 1 radical (unpaired) electrons. The second kappa shape index (κ2) is 4.64. The van der Waals surface area contributed by atoms with Crippen LogP contribution in [-0.2, 0) is 32.7 Å². The minimum absolute atomic E-state index is 0. The molecule has 1 N–H and O–H groups in total. The van der Waals surface area contributed by atoms with Crippen molar-refractivity contribution in [1.82, 2.24) is 0 Å². The Hall–Kier alpha value is 0.804. The summed E-state index contributed by atoms with van der Waals surface area (Å²) in [7, 11) is 0. The molecule has 0 amide bonds. The molecule has 57 valence electrons. The third-order valence-electron chi connectivity index (χ3n) is 1.67. The van der Waals surface area contributed by atoms with Crippen LogP contribution in [0.4, 0.5) is 0 Å². The molecular formula is C8H16OY. The van der Waals surface area contributed by atoms with Crippen LogP contribution in [0.2, 0.25) is 0 Å². The molecule has 0 unspecified atom stereocenters. The molecule has 1 nitrogen and oxygen atoms in total. The van der Waals surface area contributed by atoms with Crippen LogP contribution >= 0.6 is 0 Å². The van der Waals surface area contributed by atoms with Crippen molar-refractivity contribution in [1.29, 1.82) is 0 Å². The van der Waals surface area contributed by atoms with E-state index in [1.165, 1.54) is 5.57 Å². The van der Waals surface area contributed by atoms with Gasteiger partial charge in [-0.2, -0.15) is 0 Å². The second-order valence-electron chi connectivity index (χ2n) is 3.18. The third-order valence-corrected chi connectivity index (χ3v) is 1.67. The summed E-state index contributed by atoms with van der Waals surface area (Å²) in [5.41, 5.74) is 1.61. The molecule has 0 bridgehead atoms. The van der Waals surface area contributed by atoms with E-state index in [1.54, 1.807) is 13.8 Å². The monoisotopic (exact) mass is 217 g/mol. The van der Waals surface area contributed by atoms with Crippen LogP contribution in [0.5, 0.6) is 0 Å². The van der Waals surface area contributed by atoms with Gasteiger partial charge in [0.25, 0.3) is 0 Å². The van der Waals surface area contributed by atoms with Crippen molar-refractivity contribution in [2.75, 3.05) is 0 Å². The molecule has 0 aliphatic rings. The minimum atomic E-state index is -0.640. The Kier molecular flexibility index (Phi) is 6.21. The Balaban J connectivity index is 0. The molecule has 0 rings (SSSR count). The predicted octanol–water partition coefficient (Wildman–Crippen LogP) is 2.11. The SMILES string of the molecule is CC(C)=C(C)C(C)(C)O.[Y]. The molecular weight excluding hydrogens is 201 g/mol. The molecule has 0 atom stereocenters. The number of rotatable bonds is 1. The first-order valence-corrected chi connectivity index (χ1v) is 3.22. The van der Waals surface area contributed by atoms with Crippen LogP contribution < -0.4 is 0 Å². The first-order chi connectivity index (χ1) is 3.85. The van der Waals surface area contributed by atoms with Crippen molar-refractivity contribution in [2.45, 2.75) is 40.2 Å². The summed E-state index contributed by atoms with van der Waals surface area (Å²) >= 11 is 0. The van der Waals surface area contributed by atoms with Crippen molar-refractivity contribution >= 4 is 0 Å². The van der Waals surface area contributed by atoms with Crippen LogP contribution in [0, 0.1) is 0 Å². The van der Waals surface area contributed by atoms with E-state index in [0.29, 0.717) is 0 Å². The van der Waals surface area contributed by atoms with Crippen LogP contribution in [0.3, 0.4) is 0 Å². The number of allylic oxidation sites excluding steroid dienone is 1. The van der Waals surface area contributed by atoms with Crippen molar-refractivity contribution in [3.63, 3.8) is 0 Å². The zero-order valence-corrected chi connectivity index (χ0v) is 10.4. The molecule has 0 aromatic carbocycles. The van der Waals surface area contributed by atoms with Crippen LogP contribution in [0.15, 0.2) is 11.1 Å². The van der Waals surface area contributed by atoms with E-state index in [0.717, 1.165) is 5.57 Å². The quantitative estimate of drug-likeness (QED) is 0.667. The Morgan fingerprint density at radius 3 is 1.40 bits per heavy atom. The van der Waals surface area contributed by atoms with E-state index in [-0.39, 0.29) is 32.7 Å². The Morgan fingerprint density at radius 2 is 1.40 bits per heavy atom. The smallest absolute Gasteiger partial charge is 0.0800 e. The van der Waals surface area contributed by atoms with E-state index < -0.39 is 5.60 Å². The van der Waals surface area contributed by atoms with Gasteiger partial charge >= 0.3 is 0 Å². The van der Waals surface area contributed by atoms with E-state index in [4.69, 9.17) is 0 Å². The van der Waals surface area contributed by atoms with Gasteiger partial charge < -0.3 is 5.11 Å². The molecule has 0 fully saturated rings. The average molecular weight is 217 g/mol. The molecule has 0 aliphatic carbocycles. The summed E-state index contributed by atoms with van der Waals surface area (Å²) in [6.45, 7) is 9.57. The standard InChI is InChI=1S/C8H16O.Y/c1-6(2)7(3)8(4,5)9;/h9H,1-5H3;. The minimum Gasteiger partial charge on any atom is -0.386 e. The molecule has 0 aromatic rings. The maximum absolute atomic E-state index is 9.40. The molecule has 0 aromatic heterocycles. The van der Waals surface area contributed by atoms with Gasteiger partial charge in [-0.15, -0.1) is 0 Å². The first-order valence-electron chi connectivity index (χ1n) is 3.22. The molecule has 2 heteroatoms.